The van der Waals surface area contributed by atoms with E-state index in [1.165, 1.54) is 18.2 Å². The van der Waals surface area contributed by atoms with Gasteiger partial charge in [0.25, 0.3) is 5.91 Å². The Morgan fingerprint density at radius 2 is 2.00 bits per heavy atom. The van der Waals surface area contributed by atoms with Crippen molar-refractivity contribution < 1.29 is 23.1 Å². The van der Waals surface area contributed by atoms with Gasteiger partial charge in [0.2, 0.25) is 0 Å². The highest BCUT2D eigenvalue weighted by molar-refractivity contribution is 7.90. The van der Waals surface area contributed by atoms with Crippen LogP contribution in [0, 0.1) is 5.92 Å². The van der Waals surface area contributed by atoms with E-state index in [9.17, 15) is 23.1 Å². The highest BCUT2D eigenvalue weighted by Gasteiger charge is 2.35. The number of sulfone groups is 1. The summed E-state index contributed by atoms with van der Waals surface area (Å²) in [5, 5.41) is 13.3. The van der Waals surface area contributed by atoms with Crippen molar-refractivity contribution in [1.82, 2.24) is 5.32 Å². The van der Waals surface area contributed by atoms with E-state index in [2.05, 4.69) is 5.32 Å². The molecule has 2 aromatic rings. The predicted molar refractivity (Wildman–Crippen MR) is 114 cm³/mol. The molecule has 0 fully saturated rings. The van der Waals surface area contributed by atoms with Gasteiger partial charge in [-0.3, -0.25) is 9.59 Å². The highest BCUT2D eigenvalue weighted by Crippen LogP contribution is 2.39. The molecule has 0 aliphatic carbocycles. The van der Waals surface area contributed by atoms with Crippen molar-refractivity contribution in [3.8, 4) is 0 Å². The average Bonchev–Trinajstić information content (AvgIpc) is 2.65. The van der Waals surface area contributed by atoms with Gasteiger partial charge >= 0.3 is 5.97 Å². The molecule has 0 aromatic heterocycles. The molecule has 0 spiro atoms. The zero-order chi connectivity index (χ0) is 22.2. The summed E-state index contributed by atoms with van der Waals surface area (Å²) in [4.78, 5) is 24.0. The van der Waals surface area contributed by atoms with E-state index >= 15 is 0 Å². The summed E-state index contributed by atoms with van der Waals surface area (Å²) in [5.74, 6) is -2.74. The van der Waals surface area contributed by atoms with Crippen LogP contribution in [0.3, 0.4) is 0 Å². The summed E-state index contributed by atoms with van der Waals surface area (Å²) in [6.07, 6.45) is 1.67. The zero-order valence-electron chi connectivity index (χ0n) is 16.0. The van der Waals surface area contributed by atoms with Gasteiger partial charge in [-0.25, -0.2) is 8.42 Å². The standard InChI is InChI=1S/C20H20Cl2N2O5S/c1-30(28,29)11-4-2-3-10(7-11)8-14(20(26)27)18-13-9-15(21)16(19(23)25)17(22)12(13)5-6-24-18/h2-4,7,9,14,18,24H,5-6,8H2,1H3,(H2,23,25)(H,26,27)/t14-,18?/m0/s1. The van der Waals surface area contributed by atoms with Crippen LogP contribution in [-0.4, -0.2) is 38.2 Å². The molecule has 160 valence electrons. The van der Waals surface area contributed by atoms with Crippen molar-refractivity contribution in [3.63, 3.8) is 0 Å². The number of halogens is 2. The summed E-state index contributed by atoms with van der Waals surface area (Å²) in [5.41, 5.74) is 7.19. The molecule has 1 aliphatic rings. The van der Waals surface area contributed by atoms with Gasteiger partial charge in [-0.2, -0.15) is 0 Å². The van der Waals surface area contributed by atoms with E-state index in [1.54, 1.807) is 12.1 Å². The molecule has 1 unspecified atom stereocenters. The number of nitrogens with two attached hydrogens (primary N) is 1. The summed E-state index contributed by atoms with van der Waals surface area (Å²) in [6.45, 7) is 0.449. The molecule has 1 heterocycles. The molecule has 1 amide bonds. The molecular weight excluding hydrogens is 451 g/mol. The fraction of sp³-hybridized carbons (Fsp3) is 0.300. The van der Waals surface area contributed by atoms with Crippen molar-refractivity contribution in [1.29, 1.82) is 0 Å². The Balaban J connectivity index is 2.04. The first-order chi connectivity index (χ1) is 14.0. The zero-order valence-corrected chi connectivity index (χ0v) is 18.3. The third-order valence-electron chi connectivity index (χ3n) is 5.18. The fourth-order valence-corrected chi connectivity index (χ4v) is 5.21. The van der Waals surface area contributed by atoms with Gasteiger partial charge in [0, 0.05) is 12.3 Å². The Morgan fingerprint density at radius 3 is 2.60 bits per heavy atom. The maximum atomic E-state index is 12.1. The number of aliphatic carboxylic acids is 1. The Morgan fingerprint density at radius 1 is 1.30 bits per heavy atom. The SMILES string of the molecule is CS(=O)(=O)c1cccc(C[C@H](C(=O)O)C2NCCc3c2cc(Cl)c(C(N)=O)c3Cl)c1. The Hall–Kier alpha value is -2.13. The maximum Gasteiger partial charge on any atom is 0.308 e. The van der Waals surface area contributed by atoms with E-state index in [0.717, 1.165) is 6.26 Å². The smallest absolute Gasteiger partial charge is 0.308 e. The summed E-state index contributed by atoms with van der Waals surface area (Å²) >= 11 is 12.6. The first-order valence-electron chi connectivity index (χ1n) is 9.06. The van der Waals surface area contributed by atoms with Gasteiger partial charge in [-0.1, -0.05) is 35.3 Å². The molecule has 0 bridgehead atoms. The topological polar surface area (TPSA) is 127 Å². The molecule has 0 radical (unpaired) electrons. The van der Waals surface area contributed by atoms with Crippen LogP contribution in [0.4, 0.5) is 0 Å². The van der Waals surface area contributed by atoms with Crippen molar-refractivity contribution >= 4 is 44.9 Å². The van der Waals surface area contributed by atoms with Crippen molar-refractivity contribution in [2.24, 2.45) is 11.7 Å². The number of carbonyl (C=O) groups is 2. The van der Waals surface area contributed by atoms with Gasteiger partial charge in [-0.15, -0.1) is 0 Å². The number of carboxylic acids is 1. The molecular formula is C20H20Cl2N2O5S. The number of hydrogen-bond donors (Lipinski definition) is 3. The number of benzene rings is 2. The predicted octanol–water partition coefficient (Wildman–Crippen LogP) is 2.63. The molecule has 30 heavy (non-hydrogen) atoms. The van der Waals surface area contributed by atoms with Crippen molar-refractivity contribution in [2.45, 2.75) is 23.8 Å². The summed E-state index contributed by atoms with van der Waals surface area (Å²) in [6, 6.07) is 7.11. The molecule has 3 rings (SSSR count). The van der Waals surface area contributed by atoms with E-state index in [4.69, 9.17) is 28.9 Å². The molecule has 10 heteroatoms. The molecule has 0 saturated carbocycles. The lowest BCUT2D eigenvalue weighted by atomic mass is 9.82. The number of nitrogens with one attached hydrogen (secondary N) is 1. The second-order valence-electron chi connectivity index (χ2n) is 7.23. The van der Waals surface area contributed by atoms with Crippen molar-refractivity contribution in [3.05, 3.63) is 62.6 Å². The number of carbonyl (C=O) groups excluding carboxylic acids is 1. The monoisotopic (exact) mass is 470 g/mol. The largest absolute Gasteiger partial charge is 0.481 e. The van der Waals surface area contributed by atoms with Crippen LogP contribution in [0.15, 0.2) is 35.2 Å². The Kier molecular flexibility index (Phi) is 6.43. The van der Waals surface area contributed by atoms with Crippen LogP contribution in [-0.2, 0) is 27.5 Å². The van der Waals surface area contributed by atoms with Crippen molar-refractivity contribution in [2.75, 3.05) is 12.8 Å². The van der Waals surface area contributed by atoms with Crippen LogP contribution in [0.5, 0.6) is 0 Å². The summed E-state index contributed by atoms with van der Waals surface area (Å²) in [7, 11) is -3.42. The number of fused-ring (bicyclic) bond motifs is 1. The first kappa shape index (κ1) is 22.6. The minimum atomic E-state index is -3.42. The third kappa shape index (κ3) is 4.46. The van der Waals surface area contributed by atoms with Gasteiger partial charge in [0.05, 0.1) is 26.4 Å². The van der Waals surface area contributed by atoms with Gasteiger partial charge in [-0.05, 0) is 54.3 Å². The molecule has 2 atom stereocenters. The van der Waals surface area contributed by atoms with Gasteiger partial charge in [0.1, 0.15) is 0 Å². The fourth-order valence-electron chi connectivity index (χ4n) is 3.76. The Labute approximate surface area is 184 Å². The van der Waals surface area contributed by atoms with Crippen LogP contribution in [0.25, 0.3) is 0 Å². The second kappa shape index (κ2) is 8.55. The highest BCUT2D eigenvalue weighted by atomic mass is 35.5. The maximum absolute atomic E-state index is 12.1. The molecule has 0 saturated heterocycles. The first-order valence-corrected chi connectivity index (χ1v) is 11.7. The van der Waals surface area contributed by atoms with Gasteiger partial charge < -0.3 is 16.2 Å². The lowest BCUT2D eigenvalue weighted by molar-refractivity contribution is -0.143. The molecule has 7 nitrogen and oxygen atoms in total. The van der Waals surface area contributed by atoms with E-state index in [-0.39, 0.29) is 26.9 Å². The normalized spacial score (nSPS) is 17.2. The van der Waals surface area contributed by atoms with Crippen LogP contribution < -0.4 is 11.1 Å². The number of rotatable bonds is 6. The molecule has 2 aromatic carbocycles. The Bertz CT molecular complexity index is 1130. The molecule has 4 N–H and O–H groups in total. The van der Waals surface area contributed by atoms with E-state index in [0.29, 0.717) is 29.7 Å². The summed E-state index contributed by atoms with van der Waals surface area (Å²) < 4.78 is 23.7. The third-order valence-corrected chi connectivity index (χ3v) is 7.00. The average molecular weight is 471 g/mol. The number of amides is 1. The minimum absolute atomic E-state index is 0.0189. The number of hydrogen-bond acceptors (Lipinski definition) is 5. The number of carboxylic acid groups (broad SMARTS) is 1. The van der Waals surface area contributed by atoms with E-state index in [1.807, 2.05) is 0 Å². The minimum Gasteiger partial charge on any atom is -0.481 e. The quantitative estimate of drug-likeness (QED) is 0.595. The van der Waals surface area contributed by atoms with Crippen LogP contribution >= 0.6 is 23.2 Å². The second-order valence-corrected chi connectivity index (χ2v) is 10.0. The van der Waals surface area contributed by atoms with E-state index < -0.39 is 33.7 Å². The van der Waals surface area contributed by atoms with Crippen LogP contribution in [0.2, 0.25) is 10.0 Å². The lowest BCUT2D eigenvalue weighted by Crippen LogP contribution is -2.39. The number of primary amides is 1. The molecule has 1 aliphatic heterocycles. The van der Waals surface area contributed by atoms with Gasteiger partial charge in [0.15, 0.2) is 9.84 Å². The lowest BCUT2D eigenvalue weighted by Gasteiger charge is -2.32. The van der Waals surface area contributed by atoms with Crippen LogP contribution in [0.1, 0.15) is 33.1 Å².